The van der Waals surface area contributed by atoms with E-state index >= 15 is 0 Å². The molecule has 1 aromatic rings. The molecule has 0 aliphatic rings. The Kier molecular flexibility index (Phi) is 56.7. The summed E-state index contributed by atoms with van der Waals surface area (Å²) < 4.78 is 22.4. The molecule has 0 saturated heterocycles. The molecular weight excluding hydrogens is 579 g/mol. The number of aromatic hydroxyl groups is 1. The molecule has 1 aromatic carbocycles. The fourth-order valence-electron chi connectivity index (χ4n) is 1.24. The fourth-order valence-corrected chi connectivity index (χ4v) is 2.92. The average Bonchev–Trinajstić information content (AvgIpc) is 2.22. The molecule has 0 aliphatic heterocycles. The fraction of sp³-hybridized carbons (Fsp3) is 0.294. The van der Waals surface area contributed by atoms with Gasteiger partial charge in [-0.1, -0.05) is 0 Å². The van der Waals surface area contributed by atoms with Crippen LogP contribution in [0.25, 0.3) is 0 Å². The molecule has 1 N–H and O–H groups in total. The molecule has 24 heavy (non-hydrogen) atoms. The predicted octanol–water partition coefficient (Wildman–Crippen LogP) is 5.46. The largest absolute Gasteiger partial charge is 4.00 e. The van der Waals surface area contributed by atoms with Crippen LogP contribution in [0, 0.1) is 140 Å². The van der Waals surface area contributed by atoms with E-state index in [0.29, 0.717) is 18.8 Å². The molecule has 0 spiro atoms. The van der Waals surface area contributed by atoms with Gasteiger partial charge in [0.2, 0.25) is 0 Å². The summed E-state index contributed by atoms with van der Waals surface area (Å²) in [4.78, 5) is 0. The van der Waals surface area contributed by atoms with Gasteiger partial charge in [-0.15, -0.1) is 5.75 Å². The second-order valence-electron chi connectivity index (χ2n) is 3.11. The van der Waals surface area contributed by atoms with Crippen molar-refractivity contribution in [3.05, 3.63) is 74.4 Å². The number of rotatable bonds is 6. The Labute approximate surface area is 220 Å². The summed E-state index contributed by atoms with van der Waals surface area (Å²) in [6.45, 7) is 4.20. The maximum absolute atomic E-state index is 12.1. The molecule has 7 heteroatoms. The third-order valence-electron chi connectivity index (χ3n) is 1.82. The Morgan fingerprint density at radius 2 is 1.25 bits per heavy atom. The number of phenols is 1. The summed E-state index contributed by atoms with van der Waals surface area (Å²) in [5, 5.41) is 9.02. The van der Waals surface area contributed by atoms with Gasteiger partial charge in [-0.05, 0) is 20.0 Å². The SMILES string of the molecule is CCOP(=O)(Cc1c[c-]c(O)[c-]c1)OCC.[CH3-].[CH3-].[CH3-].[CH3-].[CH3-].[CH3-].[Ce+4].[Ce+4]. The van der Waals surface area contributed by atoms with Crippen molar-refractivity contribution >= 4 is 7.60 Å². The maximum Gasteiger partial charge on any atom is 4.00 e. The zero-order valence-corrected chi connectivity index (χ0v) is 23.6. The van der Waals surface area contributed by atoms with Crippen LogP contribution in [0.15, 0.2) is 12.1 Å². The van der Waals surface area contributed by atoms with E-state index in [1.807, 2.05) is 0 Å². The summed E-state index contributed by atoms with van der Waals surface area (Å²) in [6, 6.07) is 8.25. The quantitative estimate of drug-likeness (QED) is 0.343. The van der Waals surface area contributed by atoms with Crippen molar-refractivity contribution in [2.45, 2.75) is 20.0 Å². The summed E-state index contributed by atoms with van der Waals surface area (Å²) in [6.07, 6.45) is 0.169. The molecule has 0 aliphatic carbocycles. The molecule has 0 fully saturated rings. The van der Waals surface area contributed by atoms with Gasteiger partial charge >= 0.3 is 91.1 Å². The van der Waals surface area contributed by atoms with Crippen LogP contribution in [-0.4, -0.2) is 18.3 Å². The van der Waals surface area contributed by atoms with Crippen LogP contribution in [0.1, 0.15) is 19.4 Å². The van der Waals surface area contributed by atoms with E-state index in [2.05, 4.69) is 12.1 Å². The molecule has 0 atom stereocenters. The Morgan fingerprint density at radius 1 is 0.917 bits per heavy atom. The smallest absolute Gasteiger partial charge is 0.559 e. The third-order valence-corrected chi connectivity index (χ3v) is 3.87. The van der Waals surface area contributed by atoms with Gasteiger partial charge in [-0.25, -0.2) is 0 Å². The topological polar surface area (TPSA) is 55.8 Å². The van der Waals surface area contributed by atoms with E-state index in [1.165, 1.54) is 0 Å². The van der Waals surface area contributed by atoms with Gasteiger partial charge in [0, 0.05) is 0 Å². The second kappa shape index (κ2) is 27.1. The van der Waals surface area contributed by atoms with Gasteiger partial charge < -0.3 is 70.8 Å². The van der Waals surface area contributed by atoms with Crippen molar-refractivity contribution in [2.24, 2.45) is 0 Å². The van der Waals surface area contributed by atoms with Gasteiger partial charge in [0.05, 0.1) is 13.2 Å². The summed E-state index contributed by atoms with van der Waals surface area (Å²) in [5.41, 5.74) is 0.711. The minimum Gasteiger partial charge on any atom is -0.559 e. The van der Waals surface area contributed by atoms with Gasteiger partial charge in [0.15, 0.2) is 0 Å². The molecule has 4 nitrogen and oxygen atoms in total. The van der Waals surface area contributed by atoms with Gasteiger partial charge in [-0.3, -0.25) is 22.3 Å². The Balaban J connectivity index is -0.0000000533. The molecule has 138 valence electrons. The predicted molar refractivity (Wildman–Crippen MR) is 98.8 cm³/mol. The Bertz CT molecular complexity index is 363. The molecule has 0 unspecified atom stereocenters. The zero-order valence-electron chi connectivity index (χ0n) is 16.4. The summed E-state index contributed by atoms with van der Waals surface area (Å²) >= 11 is 0. The number of benzene rings is 1. The maximum atomic E-state index is 12.1. The van der Waals surface area contributed by atoms with E-state index in [1.54, 1.807) is 26.0 Å². The summed E-state index contributed by atoms with van der Waals surface area (Å²) in [7, 11) is -3.08. The van der Waals surface area contributed by atoms with Crippen LogP contribution in [0.3, 0.4) is 0 Å². The van der Waals surface area contributed by atoms with Crippen LogP contribution >= 0.6 is 7.60 Å². The molecule has 0 amide bonds. The monoisotopic (exact) mass is 612 g/mol. The van der Waals surface area contributed by atoms with E-state index in [9.17, 15) is 4.57 Å². The zero-order chi connectivity index (χ0) is 12.0. The molecule has 0 saturated carbocycles. The van der Waals surface area contributed by atoms with Crippen LogP contribution in [0.4, 0.5) is 0 Å². The van der Waals surface area contributed by atoms with Crippen LogP contribution < -0.4 is 0 Å². The average molecular weight is 613 g/mol. The van der Waals surface area contributed by atoms with E-state index in [-0.39, 0.29) is 140 Å². The van der Waals surface area contributed by atoms with Crippen molar-refractivity contribution in [3.63, 3.8) is 0 Å². The first kappa shape index (κ1) is 50.1. The van der Waals surface area contributed by atoms with Crippen LogP contribution in [0.2, 0.25) is 0 Å². The molecule has 0 heterocycles. The third kappa shape index (κ3) is 20.2. The first-order valence-corrected chi connectivity index (χ1v) is 6.82. The van der Waals surface area contributed by atoms with Crippen LogP contribution in [-0.2, 0) is 19.8 Å². The van der Waals surface area contributed by atoms with Crippen molar-refractivity contribution in [1.29, 1.82) is 0 Å². The Hall–Kier alpha value is 1.92. The molecular formula is C17H33Ce2O4P. The minimum absolute atomic E-state index is 0. The number of phenolic OH excluding ortho intramolecular Hbond substituents is 1. The molecule has 0 aromatic heterocycles. The van der Waals surface area contributed by atoms with Crippen molar-refractivity contribution in [2.75, 3.05) is 13.2 Å². The first-order chi connectivity index (χ1) is 7.59. The first-order valence-electron chi connectivity index (χ1n) is 5.09. The standard InChI is InChI=1S/C11H15O4P.6CH3.2Ce/c1-3-14-16(13,15-4-2)9-10-5-7-11(12)8-6-10;;;;;;;;/h5-6,12H,3-4,9H2,1-2H3;6*1H3;;/q-2;6*-1;2*+4. The van der Waals surface area contributed by atoms with Crippen molar-refractivity contribution in [1.82, 2.24) is 0 Å². The van der Waals surface area contributed by atoms with Gasteiger partial charge in [0.1, 0.15) is 0 Å². The van der Waals surface area contributed by atoms with E-state index in [4.69, 9.17) is 14.2 Å². The minimum atomic E-state index is -3.08. The van der Waals surface area contributed by atoms with Crippen molar-refractivity contribution < 1.29 is 102 Å². The molecule has 1 rings (SSSR count). The number of hydrogen-bond donors (Lipinski definition) is 1. The second-order valence-corrected chi connectivity index (χ2v) is 5.16. The van der Waals surface area contributed by atoms with Crippen molar-refractivity contribution in [3.8, 4) is 5.75 Å². The van der Waals surface area contributed by atoms with Gasteiger partial charge in [0.25, 0.3) is 0 Å². The Morgan fingerprint density at radius 3 is 1.54 bits per heavy atom. The van der Waals surface area contributed by atoms with E-state index in [0.717, 1.165) is 0 Å². The van der Waals surface area contributed by atoms with Gasteiger partial charge in [-0.2, -0.15) is 0 Å². The molecule has 0 bridgehead atoms. The summed E-state index contributed by atoms with van der Waals surface area (Å²) in [5.74, 6) is -0.0635. The van der Waals surface area contributed by atoms with Crippen LogP contribution in [0.5, 0.6) is 5.75 Å². The van der Waals surface area contributed by atoms with E-state index < -0.39 is 7.60 Å². The molecule has 0 radical (unpaired) electrons. The normalized spacial score (nSPS) is 7.75. The number of hydrogen-bond acceptors (Lipinski definition) is 4.